The number of urea groups is 1. The Morgan fingerprint density at radius 1 is 1.07 bits per heavy atom. The Bertz CT molecular complexity index is 780. The van der Waals surface area contributed by atoms with Crippen LogP contribution in [0.5, 0.6) is 0 Å². The van der Waals surface area contributed by atoms with Gasteiger partial charge in [-0.25, -0.2) is 4.79 Å². The van der Waals surface area contributed by atoms with Gasteiger partial charge >= 0.3 is 6.03 Å². The number of amides is 2. The van der Waals surface area contributed by atoms with Crippen molar-refractivity contribution in [1.29, 1.82) is 0 Å². The van der Waals surface area contributed by atoms with Crippen molar-refractivity contribution >= 4 is 6.03 Å². The molecule has 5 nitrogen and oxygen atoms in total. The normalized spacial score (nSPS) is 22.5. The van der Waals surface area contributed by atoms with Crippen LogP contribution in [0.2, 0.25) is 0 Å². The summed E-state index contributed by atoms with van der Waals surface area (Å²) in [6, 6.07) is 18.4. The quantitative estimate of drug-likeness (QED) is 0.876. The van der Waals surface area contributed by atoms with Crippen molar-refractivity contribution in [2.45, 2.75) is 31.5 Å². The second-order valence-electron chi connectivity index (χ2n) is 7.50. The first-order valence-corrected chi connectivity index (χ1v) is 9.76. The third-order valence-electron chi connectivity index (χ3n) is 5.70. The van der Waals surface area contributed by atoms with E-state index >= 15 is 0 Å². The van der Waals surface area contributed by atoms with Gasteiger partial charge in [0.25, 0.3) is 0 Å². The fourth-order valence-electron chi connectivity index (χ4n) is 4.28. The van der Waals surface area contributed by atoms with E-state index in [1.54, 1.807) is 4.90 Å². The number of carbonyl (C=O) groups excluding carboxylic acids is 1. The van der Waals surface area contributed by atoms with Crippen LogP contribution in [-0.4, -0.2) is 53.2 Å². The molecule has 4 rings (SSSR count). The van der Waals surface area contributed by atoms with Crippen LogP contribution in [0.15, 0.2) is 54.6 Å². The van der Waals surface area contributed by atoms with Crippen molar-refractivity contribution in [1.82, 2.24) is 15.1 Å². The second-order valence-corrected chi connectivity index (χ2v) is 7.50. The lowest BCUT2D eigenvalue weighted by Gasteiger charge is -2.37. The van der Waals surface area contributed by atoms with E-state index in [1.165, 1.54) is 11.1 Å². The summed E-state index contributed by atoms with van der Waals surface area (Å²) in [5.41, 5.74) is 3.60. The van der Waals surface area contributed by atoms with Crippen LogP contribution >= 0.6 is 0 Å². The SMILES string of the molecule is O=C(NC1CCN(Cc2ccccc2)C1)N1CCc2ccccc2C1CO. The lowest BCUT2D eigenvalue weighted by Crippen LogP contribution is -2.50. The molecule has 1 saturated heterocycles. The first kappa shape index (κ1) is 18.0. The maximum absolute atomic E-state index is 12.9. The standard InChI is InChI=1S/C22H27N3O2/c26-16-21-20-9-5-4-8-18(20)10-13-25(21)22(27)23-19-11-12-24(15-19)14-17-6-2-1-3-7-17/h1-9,19,21,26H,10-16H2,(H,23,27). The topological polar surface area (TPSA) is 55.8 Å². The Morgan fingerprint density at radius 2 is 1.85 bits per heavy atom. The minimum absolute atomic E-state index is 0.0464. The number of aliphatic hydroxyl groups is 1. The number of nitrogens with zero attached hydrogens (tertiary/aromatic N) is 2. The van der Waals surface area contributed by atoms with Crippen LogP contribution in [0.4, 0.5) is 4.79 Å². The predicted molar refractivity (Wildman–Crippen MR) is 105 cm³/mol. The van der Waals surface area contributed by atoms with Gasteiger partial charge in [-0.1, -0.05) is 54.6 Å². The molecule has 2 unspecified atom stereocenters. The highest BCUT2D eigenvalue weighted by Crippen LogP contribution is 2.29. The van der Waals surface area contributed by atoms with Gasteiger partial charge in [-0.2, -0.15) is 0 Å². The number of hydrogen-bond donors (Lipinski definition) is 2. The molecule has 5 heteroatoms. The summed E-state index contributed by atoms with van der Waals surface area (Å²) in [5.74, 6) is 0. The van der Waals surface area contributed by atoms with Crippen LogP contribution in [0.1, 0.15) is 29.2 Å². The van der Waals surface area contributed by atoms with E-state index in [0.717, 1.165) is 38.0 Å². The molecule has 1 fully saturated rings. The number of hydrogen-bond acceptors (Lipinski definition) is 3. The zero-order valence-electron chi connectivity index (χ0n) is 15.6. The van der Waals surface area contributed by atoms with Crippen LogP contribution in [0.25, 0.3) is 0 Å². The molecule has 0 aliphatic carbocycles. The largest absolute Gasteiger partial charge is 0.394 e. The molecule has 2 heterocycles. The molecule has 0 saturated carbocycles. The molecular formula is C22H27N3O2. The fourth-order valence-corrected chi connectivity index (χ4v) is 4.28. The van der Waals surface area contributed by atoms with Gasteiger partial charge in [0, 0.05) is 32.2 Å². The Labute approximate surface area is 160 Å². The zero-order valence-corrected chi connectivity index (χ0v) is 15.6. The molecule has 0 radical (unpaired) electrons. The van der Waals surface area contributed by atoms with E-state index in [2.05, 4.69) is 40.5 Å². The highest BCUT2D eigenvalue weighted by molar-refractivity contribution is 5.75. The lowest BCUT2D eigenvalue weighted by molar-refractivity contribution is 0.125. The second kappa shape index (κ2) is 8.11. The molecule has 2 atom stereocenters. The fraction of sp³-hybridized carbons (Fsp3) is 0.409. The number of nitrogens with one attached hydrogen (secondary N) is 1. The van der Waals surface area contributed by atoms with E-state index in [0.29, 0.717) is 6.54 Å². The van der Waals surface area contributed by atoms with E-state index < -0.39 is 0 Å². The zero-order chi connectivity index (χ0) is 18.6. The average molecular weight is 365 g/mol. The van der Waals surface area contributed by atoms with Gasteiger partial charge in [0.2, 0.25) is 0 Å². The number of benzene rings is 2. The molecular weight excluding hydrogens is 338 g/mol. The summed E-state index contributed by atoms with van der Waals surface area (Å²) in [4.78, 5) is 17.1. The molecule has 2 N–H and O–H groups in total. The van der Waals surface area contributed by atoms with Crippen molar-refractivity contribution in [2.75, 3.05) is 26.2 Å². The summed E-state index contributed by atoms with van der Waals surface area (Å²) >= 11 is 0. The van der Waals surface area contributed by atoms with Crippen molar-refractivity contribution in [3.8, 4) is 0 Å². The summed E-state index contributed by atoms with van der Waals surface area (Å²) in [7, 11) is 0. The van der Waals surface area contributed by atoms with Gasteiger partial charge in [0.05, 0.1) is 12.6 Å². The molecule has 0 spiro atoms. The molecule has 2 aliphatic rings. The van der Waals surface area contributed by atoms with Gasteiger partial charge in [-0.15, -0.1) is 0 Å². The van der Waals surface area contributed by atoms with Crippen LogP contribution in [0, 0.1) is 0 Å². The third-order valence-corrected chi connectivity index (χ3v) is 5.70. The Hall–Kier alpha value is -2.37. The highest BCUT2D eigenvalue weighted by atomic mass is 16.3. The number of rotatable bonds is 4. The number of carbonyl (C=O) groups is 1. The van der Waals surface area contributed by atoms with Gasteiger partial charge in [0.15, 0.2) is 0 Å². The van der Waals surface area contributed by atoms with E-state index in [1.807, 2.05) is 24.3 Å². The first-order chi connectivity index (χ1) is 13.2. The predicted octanol–water partition coefficient (Wildman–Crippen LogP) is 2.56. The number of fused-ring (bicyclic) bond motifs is 1. The molecule has 0 bridgehead atoms. The van der Waals surface area contributed by atoms with Gasteiger partial charge in [0.1, 0.15) is 0 Å². The molecule has 2 aliphatic heterocycles. The smallest absolute Gasteiger partial charge is 0.318 e. The first-order valence-electron chi connectivity index (χ1n) is 9.76. The molecule has 2 aromatic rings. The van der Waals surface area contributed by atoms with E-state index in [9.17, 15) is 9.90 Å². The number of aliphatic hydroxyl groups excluding tert-OH is 1. The van der Waals surface area contributed by atoms with Crippen molar-refractivity contribution < 1.29 is 9.90 Å². The Morgan fingerprint density at radius 3 is 2.67 bits per heavy atom. The summed E-state index contributed by atoms with van der Waals surface area (Å²) in [6.45, 7) is 3.38. The molecule has 0 aromatic heterocycles. The summed E-state index contributed by atoms with van der Waals surface area (Å²) < 4.78 is 0. The number of likely N-dealkylation sites (tertiary alicyclic amines) is 1. The average Bonchev–Trinajstić information content (AvgIpc) is 3.14. The molecule has 2 aromatic carbocycles. The maximum atomic E-state index is 12.9. The van der Waals surface area contributed by atoms with Crippen molar-refractivity contribution in [2.24, 2.45) is 0 Å². The maximum Gasteiger partial charge on any atom is 0.318 e. The Kier molecular flexibility index (Phi) is 5.41. The Balaban J connectivity index is 1.35. The van der Waals surface area contributed by atoms with Gasteiger partial charge in [-0.3, -0.25) is 4.90 Å². The van der Waals surface area contributed by atoms with Gasteiger partial charge < -0.3 is 15.3 Å². The summed E-state index contributed by atoms with van der Waals surface area (Å²) in [5, 5.41) is 13.1. The minimum atomic E-state index is -0.253. The molecule has 27 heavy (non-hydrogen) atoms. The van der Waals surface area contributed by atoms with E-state index in [-0.39, 0.29) is 24.7 Å². The lowest BCUT2D eigenvalue weighted by atomic mass is 9.93. The molecule has 142 valence electrons. The highest BCUT2D eigenvalue weighted by Gasteiger charge is 2.32. The minimum Gasteiger partial charge on any atom is -0.394 e. The van der Waals surface area contributed by atoms with Gasteiger partial charge in [-0.05, 0) is 29.5 Å². The molecule has 2 amide bonds. The van der Waals surface area contributed by atoms with Crippen LogP contribution < -0.4 is 5.32 Å². The van der Waals surface area contributed by atoms with Crippen molar-refractivity contribution in [3.63, 3.8) is 0 Å². The monoisotopic (exact) mass is 365 g/mol. The van der Waals surface area contributed by atoms with Crippen LogP contribution in [-0.2, 0) is 13.0 Å². The summed E-state index contributed by atoms with van der Waals surface area (Å²) in [6.07, 6.45) is 1.80. The van der Waals surface area contributed by atoms with Crippen molar-refractivity contribution in [3.05, 3.63) is 71.3 Å². The van der Waals surface area contributed by atoms with E-state index in [4.69, 9.17) is 0 Å². The van der Waals surface area contributed by atoms with Crippen LogP contribution in [0.3, 0.4) is 0 Å². The third kappa shape index (κ3) is 3.99.